The fourth-order valence-electron chi connectivity index (χ4n) is 2.65. The van der Waals surface area contributed by atoms with Crippen molar-refractivity contribution < 1.29 is 4.74 Å². The maximum absolute atomic E-state index is 6.13. The number of halogens is 1. The molecule has 5 heteroatoms. The molecule has 0 aromatic heterocycles. The first-order valence-corrected chi connectivity index (χ1v) is 7.08. The minimum absolute atomic E-state index is 0.171. The zero-order valence-electron chi connectivity index (χ0n) is 10.8. The van der Waals surface area contributed by atoms with Crippen LogP contribution >= 0.6 is 11.6 Å². The van der Waals surface area contributed by atoms with E-state index in [4.69, 9.17) is 16.3 Å². The van der Waals surface area contributed by atoms with Crippen LogP contribution in [0.1, 0.15) is 11.6 Å². The molecule has 2 aliphatic heterocycles. The number of rotatable bonds is 3. The van der Waals surface area contributed by atoms with Crippen molar-refractivity contribution in [3.8, 4) is 0 Å². The predicted octanol–water partition coefficient (Wildman–Crippen LogP) is 1.71. The lowest BCUT2D eigenvalue weighted by atomic mass is 10.0. The van der Waals surface area contributed by atoms with Crippen molar-refractivity contribution in [2.75, 3.05) is 39.4 Å². The van der Waals surface area contributed by atoms with E-state index in [1.54, 1.807) is 0 Å². The minimum atomic E-state index is 0.171. The van der Waals surface area contributed by atoms with E-state index in [0.717, 1.165) is 50.3 Å². The zero-order chi connectivity index (χ0) is 13.1. The molecule has 1 aromatic carbocycles. The Labute approximate surface area is 118 Å². The molecular formula is C14H18ClN3O. The Hall–Kier alpha value is -1.10. The van der Waals surface area contributed by atoms with Gasteiger partial charge in [-0.25, -0.2) is 0 Å². The molecule has 2 heterocycles. The van der Waals surface area contributed by atoms with Crippen LogP contribution in [-0.4, -0.2) is 50.1 Å². The predicted molar refractivity (Wildman–Crippen MR) is 76.9 cm³/mol. The van der Waals surface area contributed by atoms with Gasteiger partial charge in [-0.2, -0.15) is 0 Å². The van der Waals surface area contributed by atoms with Crippen molar-refractivity contribution in [3.05, 3.63) is 34.9 Å². The van der Waals surface area contributed by atoms with Crippen LogP contribution in [0.5, 0.6) is 0 Å². The first-order valence-electron chi connectivity index (χ1n) is 6.70. The summed E-state index contributed by atoms with van der Waals surface area (Å²) in [5.74, 6) is 1.06. The normalized spacial score (nSPS) is 21.8. The standard InChI is InChI=1S/C14H18ClN3O/c15-12-3-1-2-11(10-12)13(14-16-4-5-17-14)18-6-8-19-9-7-18/h1-3,10,13H,4-9H2,(H,16,17). The molecule has 19 heavy (non-hydrogen) atoms. The van der Waals surface area contributed by atoms with E-state index < -0.39 is 0 Å². The molecule has 102 valence electrons. The Morgan fingerprint density at radius 2 is 2.16 bits per heavy atom. The van der Waals surface area contributed by atoms with Gasteiger partial charge in [-0.05, 0) is 17.7 Å². The first-order chi connectivity index (χ1) is 9.34. The molecule has 0 amide bonds. The molecule has 2 aliphatic rings. The Morgan fingerprint density at radius 1 is 1.32 bits per heavy atom. The van der Waals surface area contributed by atoms with Crippen LogP contribution in [0.15, 0.2) is 29.3 Å². The van der Waals surface area contributed by atoms with Crippen molar-refractivity contribution in [2.45, 2.75) is 6.04 Å². The summed E-state index contributed by atoms with van der Waals surface area (Å²) in [7, 11) is 0. The molecule has 0 saturated carbocycles. The highest BCUT2D eigenvalue weighted by Gasteiger charge is 2.28. The van der Waals surface area contributed by atoms with Crippen LogP contribution in [0, 0.1) is 0 Å². The van der Waals surface area contributed by atoms with E-state index >= 15 is 0 Å². The Kier molecular flexibility index (Phi) is 4.01. The average Bonchev–Trinajstić information content (AvgIpc) is 2.94. The van der Waals surface area contributed by atoms with Crippen molar-refractivity contribution in [1.82, 2.24) is 10.2 Å². The maximum atomic E-state index is 6.13. The summed E-state index contributed by atoms with van der Waals surface area (Å²) in [5, 5.41) is 4.17. The molecule has 0 radical (unpaired) electrons. The quantitative estimate of drug-likeness (QED) is 0.915. The van der Waals surface area contributed by atoms with Crippen LogP contribution in [0.4, 0.5) is 0 Å². The van der Waals surface area contributed by atoms with Gasteiger partial charge >= 0.3 is 0 Å². The van der Waals surface area contributed by atoms with Gasteiger partial charge in [-0.3, -0.25) is 9.89 Å². The molecular weight excluding hydrogens is 262 g/mol. The molecule has 0 aliphatic carbocycles. The summed E-state index contributed by atoms with van der Waals surface area (Å²) in [6.45, 7) is 5.21. The lowest BCUT2D eigenvalue weighted by Crippen LogP contribution is -2.44. The van der Waals surface area contributed by atoms with Crippen LogP contribution < -0.4 is 5.32 Å². The second-order valence-electron chi connectivity index (χ2n) is 4.80. The van der Waals surface area contributed by atoms with Gasteiger partial charge in [0.2, 0.25) is 0 Å². The molecule has 3 rings (SSSR count). The van der Waals surface area contributed by atoms with Crippen molar-refractivity contribution in [1.29, 1.82) is 0 Å². The van der Waals surface area contributed by atoms with Crippen LogP contribution in [-0.2, 0) is 4.74 Å². The molecule has 0 bridgehead atoms. The van der Waals surface area contributed by atoms with Gasteiger partial charge in [0.05, 0.1) is 25.8 Å². The van der Waals surface area contributed by atoms with E-state index in [1.807, 2.05) is 18.2 Å². The van der Waals surface area contributed by atoms with E-state index in [2.05, 4.69) is 21.3 Å². The van der Waals surface area contributed by atoms with Gasteiger partial charge in [0, 0.05) is 24.7 Å². The number of morpholine rings is 1. The highest BCUT2D eigenvalue weighted by molar-refractivity contribution is 6.30. The van der Waals surface area contributed by atoms with Crippen LogP contribution in [0.25, 0.3) is 0 Å². The third kappa shape index (κ3) is 2.91. The number of hydrogen-bond acceptors (Lipinski definition) is 4. The number of nitrogens with zero attached hydrogens (tertiary/aromatic N) is 2. The lowest BCUT2D eigenvalue weighted by molar-refractivity contribution is 0.0283. The molecule has 0 spiro atoms. The summed E-state index contributed by atoms with van der Waals surface area (Å²) in [6.07, 6.45) is 0. The molecule has 1 unspecified atom stereocenters. The Balaban J connectivity index is 1.91. The lowest BCUT2D eigenvalue weighted by Gasteiger charge is -2.34. The Bertz CT molecular complexity index is 472. The highest BCUT2D eigenvalue weighted by atomic mass is 35.5. The average molecular weight is 280 g/mol. The van der Waals surface area contributed by atoms with E-state index in [-0.39, 0.29) is 6.04 Å². The Morgan fingerprint density at radius 3 is 2.84 bits per heavy atom. The largest absolute Gasteiger partial charge is 0.379 e. The topological polar surface area (TPSA) is 36.9 Å². The smallest absolute Gasteiger partial charge is 0.119 e. The van der Waals surface area contributed by atoms with Gasteiger partial charge < -0.3 is 10.1 Å². The molecule has 4 nitrogen and oxygen atoms in total. The molecule has 1 atom stereocenters. The number of benzene rings is 1. The van der Waals surface area contributed by atoms with Crippen LogP contribution in [0.3, 0.4) is 0 Å². The molecule has 1 saturated heterocycles. The fourth-order valence-corrected chi connectivity index (χ4v) is 2.85. The van der Waals surface area contributed by atoms with Crippen molar-refractivity contribution in [3.63, 3.8) is 0 Å². The SMILES string of the molecule is Clc1cccc(C(C2=NCCN2)N2CCOCC2)c1. The zero-order valence-corrected chi connectivity index (χ0v) is 11.6. The van der Waals surface area contributed by atoms with Gasteiger partial charge in [-0.15, -0.1) is 0 Å². The van der Waals surface area contributed by atoms with Gasteiger partial charge in [-0.1, -0.05) is 23.7 Å². The second-order valence-corrected chi connectivity index (χ2v) is 5.24. The minimum Gasteiger partial charge on any atom is -0.379 e. The van der Waals surface area contributed by atoms with Gasteiger partial charge in [0.15, 0.2) is 0 Å². The maximum Gasteiger partial charge on any atom is 0.119 e. The molecule has 1 N–H and O–H groups in total. The summed E-state index contributed by atoms with van der Waals surface area (Å²) < 4.78 is 5.44. The molecule has 1 aromatic rings. The summed E-state index contributed by atoms with van der Waals surface area (Å²) >= 11 is 6.13. The van der Waals surface area contributed by atoms with Crippen molar-refractivity contribution >= 4 is 17.4 Å². The monoisotopic (exact) mass is 279 g/mol. The first kappa shape index (κ1) is 12.9. The van der Waals surface area contributed by atoms with E-state index in [1.165, 1.54) is 5.56 Å². The number of hydrogen-bond donors (Lipinski definition) is 1. The van der Waals surface area contributed by atoms with E-state index in [0.29, 0.717) is 0 Å². The third-order valence-corrected chi connectivity index (χ3v) is 3.77. The van der Waals surface area contributed by atoms with E-state index in [9.17, 15) is 0 Å². The number of amidine groups is 1. The summed E-state index contributed by atoms with van der Waals surface area (Å²) in [4.78, 5) is 7.01. The van der Waals surface area contributed by atoms with Gasteiger partial charge in [0.1, 0.15) is 5.84 Å². The third-order valence-electron chi connectivity index (χ3n) is 3.53. The number of ether oxygens (including phenoxy) is 1. The summed E-state index contributed by atoms with van der Waals surface area (Å²) in [5.41, 5.74) is 1.20. The highest BCUT2D eigenvalue weighted by Crippen LogP contribution is 2.26. The second kappa shape index (κ2) is 5.90. The van der Waals surface area contributed by atoms with Gasteiger partial charge in [0.25, 0.3) is 0 Å². The fraction of sp³-hybridized carbons (Fsp3) is 0.500. The number of aliphatic imine (C=N–C) groups is 1. The van der Waals surface area contributed by atoms with Crippen molar-refractivity contribution in [2.24, 2.45) is 4.99 Å². The molecule has 1 fully saturated rings. The summed E-state index contributed by atoms with van der Waals surface area (Å²) in [6, 6.07) is 8.23. The van der Waals surface area contributed by atoms with Crippen LogP contribution in [0.2, 0.25) is 5.02 Å². The number of nitrogens with one attached hydrogen (secondary N) is 1.